The molecule has 19 heavy (non-hydrogen) atoms. The lowest BCUT2D eigenvalue weighted by Gasteiger charge is -2.01. The number of carboxylic acids is 1. The Hall–Kier alpha value is -2.56. The van der Waals surface area contributed by atoms with Crippen molar-refractivity contribution in [2.45, 2.75) is 6.92 Å². The molecule has 0 aliphatic heterocycles. The zero-order chi connectivity index (χ0) is 13.6. The largest absolute Gasteiger partial charge is 0.476 e. The molecule has 0 aliphatic carbocycles. The van der Waals surface area contributed by atoms with E-state index < -0.39 is 5.97 Å². The summed E-state index contributed by atoms with van der Waals surface area (Å²) in [5.74, 6) is -0.175. The molecule has 0 aliphatic rings. The highest BCUT2D eigenvalue weighted by Gasteiger charge is 2.13. The minimum absolute atomic E-state index is 0.0426. The fraction of sp³-hybridized carbons (Fsp3) is 0.143. The van der Waals surface area contributed by atoms with Crippen LogP contribution in [0.2, 0.25) is 0 Å². The van der Waals surface area contributed by atoms with E-state index in [0.717, 1.165) is 28.0 Å². The van der Waals surface area contributed by atoms with Gasteiger partial charge in [-0.25, -0.2) is 4.79 Å². The Labute approximate surface area is 109 Å². The van der Waals surface area contributed by atoms with E-state index in [0.29, 0.717) is 0 Å². The van der Waals surface area contributed by atoms with Gasteiger partial charge in [-0.2, -0.15) is 5.10 Å². The van der Waals surface area contributed by atoms with Crippen molar-refractivity contribution in [3.63, 3.8) is 0 Å². The summed E-state index contributed by atoms with van der Waals surface area (Å²) in [4.78, 5) is 10.9. The fourth-order valence-corrected chi connectivity index (χ4v) is 2.18. The van der Waals surface area contributed by atoms with Crippen molar-refractivity contribution < 1.29 is 14.3 Å². The SMILES string of the molecule is Cc1cc2cc(-c3cc(C(=O)O)nn3C)ccc2o1. The van der Waals surface area contributed by atoms with Crippen LogP contribution in [0.1, 0.15) is 16.2 Å². The van der Waals surface area contributed by atoms with E-state index >= 15 is 0 Å². The fourth-order valence-electron chi connectivity index (χ4n) is 2.18. The molecule has 0 spiro atoms. The van der Waals surface area contributed by atoms with Crippen LogP contribution in [0.15, 0.2) is 34.7 Å². The second-order valence-electron chi connectivity index (χ2n) is 4.45. The van der Waals surface area contributed by atoms with Gasteiger partial charge < -0.3 is 9.52 Å². The molecule has 5 heteroatoms. The third-order valence-electron chi connectivity index (χ3n) is 3.03. The van der Waals surface area contributed by atoms with Crippen LogP contribution in [0.25, 0.3) is 22.2 Å². The van der Waals surface area contributed by atoms with Gasteiger partial charge >= 0.3 is 5.97 Å². The first-order chi connectivity index (χ1) is 9.04. The normalized spacial score (nSPS) is 11.1. The zero-order valence-electron chi connectivity index (χ0n) is 10.5. The summed E-state index contributed by atoms with van der Waals surface area (Å²) in [6, 6.07) is 9.26. The van der Waals surface area contributed by atoms with E-state index in [2.05, 4.69) is 5.10 Å². The number of benzene rings is 1. The molecular formula is C14H12N2O3. The predicted molar refractivity (Wildman–Crippen MR) is 70.1 cm³/mol. The van der Waals surface area contributed by atoms with Gasteiger partial charge in [0.05, 0.1) is 5.69 Å². The van der Waals surface area contributed by atoms with Crippen LogP contribution in [0, 0.1) is 6.92 Å². The van der Waals surface area contributed by atoms with Crippen molar-refractivity contribution in [2.75, 3.05) is 0 Å². The van der Waals surface area contributed by atoms with Crippen molar-refractivity contribution in [3.05, 3.63) is 41.8 Å². The lowest BCUT2D eigenvalue weighted by atomic mass is 10.1. The Bertz CT molecular complexity index is 783. The molecule has 0 fully saturated rings. The van der Waals surface area contributed by atoms with Crippen LogP contribution in [-0.4, -0.2) is 20.9 Å². The molecular weight excluding hydrogens is 244 g/mol. The summed E-state index contributed by atoms with van der Waals surface area (Å²) in [5, 5.41) is 13.9. The van der Waals surface area contributed by atoms with Gasteiger partial charge in [0, 0.05) is 18.0 Å². The Morgan fingerprint density at radius 3 is 2.79 bits per heavy atom. The van der Waals surface area contributed by atoms with Crippen LogP contribution >= 0.6 is 0 Å². The molecule has 3 aromatic rings. The topological polar surface area (TPSA) is 68.3 Å². The van der Waals surface area contributed by atoms with Crippen molar-refractivity contribution >= 4 is 16.9 Å². The van der Waals surface area contributed by atoms with E-state index in [4.69, 9.17) is 9.52 Å². The van der Waals surface area contributed by atoms with Crippen LogP contribution in [0.5, 0.6) is 0 Å². The Morgan fingerprint density at radius 2 is 2.11 bits per heavy atom. The highest BCUT2D eigenvalue weighted by Crippen LogP contribution is 2.26. The summed E-state index contributed by atoms with van der Waals surface area (Å²) in [7, 11) is 1.73. The average molecular weight is 256 g/mol. The summed E-state index contributed by atoms with van der Waals surface area (Å²) in [6.07, 6.45) is 0. The molecule has 0 amide bonds. The molecule has 1 N–H and O–H groups in total. The Morgan fingerprint density at radius 1 is 1.32 bits per heavy atom. The summed E-state index contributed by atoms with van der Waals surface area (Å²) in [6.45, 7) is 1.90. The van der Waals surface area contributed by atoms with Crippen LogP contribution < -0.4 is 0 Å². The molecule has 0 bridgehead atoms. The number of aromatic carboxylic acids is 1. The predicted octanol–water partition coefficient (Wildman–Crippen LogP) is 2.84. The summed E-state index contributed by atoms with van der Waals surface area (Å²) < 4.78 is 7.08. The monoisotopic (exact) mass is 256 g/mol. The van der Waals surface area contributed by atoms with Gasteiger partial charge in [-0.1, -0.05) is 0 Å². The number of furan rings is 1. The molecule has 5 nitrogen and oxygen atoms in total. The van der Waals surface area contributed by atoms with E-state index in [-0.39, 0.29) is 5.69 Å². The number of carboxylic acid groups (broad SMARTS) is 1. The minimum atomic E-state index is -1.03. The third kappa shape index (κ3) is 1.89. The first kappa shape index (κ1) is 11.5. The number of aromatic nitrogens is 2. The molecule has 2 heterocycles. The van der Waals surface area contributed by atoms with Gasteiger partial charge in [-0.3, -0.25) is 4.68 Å². The van der Waals surface area contributed by atoms with Gasteiger partial charge in [0.2, 0.25) is 0 Å². The maximum absolute atomic E-state index is 10.9. The van der Waals surface area contributed by atoms with Crippen molar-refractivity contribution in [2.24, 2.45) is 7.05 Å². The second-order valence-corrected chi connectivity index (χ2v) is 4.45. The first-order valence-corrected chi connectivity index (χ1v) is 5.82. The summed E-state index contributed by atoms with van der Waals surface area (Å²) >= 11 is 0. The van der Waals surface area contributed by atoms with Gasteiger partial charge in [0.15, 0.2) is 5.69 Å². The van der Waals surface area contributed by atoms with Crippen molar-refractivity contribution in [1.29, 1.82) is 0 Å². The standard InChI is InChI=1S/C14H12N2O3/c1-8-5-10-6-9(3-4-13(10)19-8)12-7-11(14(17)18)15-16(12)2/h3-7H,1-2H3,(H,17,18). The third-order valence-corrected chi connectivity index (χ3v) is 3.03. The molecule has 1 aromatic carbocycles. The number of carbonyl (C=O) groups is 1. The number of hydrogen-bond donors (Lipinski definition) is 1. The molecule has 0 saturated heterocycles. The molecule has 96 valence electrons. The highest BCUT2D eigenvalue weighted by molar-refractivity contribution is 5.88. The average Bonchev–Trinajstić information content (AvgIpc) is 2.90. The van der Waals surface area contributed by atoms with Crippen LogP contribution in [0.3, 0.4) is 0 Å². The van der Waals surface area contributed by atoms with Crippen LogP contribution in [0.4, 0.5) is 0 Å². The van der Waals surface area contributed by atoms with Gasteiger partial charge in [-0.05, 0) is 37.3 Å². The lowest BCUT2D eigenvalue weighted by Crippen LogP contribution is -1.99. The second kappa shape index (κ2) is 3.98. The van der Waals surface area contributed by atoms with E-state index in [1.807, 2.05) is 31.2 Å². The molecule has 0 atom stereocenters. The first-order valence-electron chi connectivity index (χ1n) is 5.82. The van der Waals surface area contributed by atoms with Crippen LogP contribution in [-0.2, 0) is 7.05 Å². The smallest absolute Gasteiger partial charge is 0.356 e. The van der Waals surface area contributed by atoms with Gasteiger partial charge in [0.1, 0.15) is 11.3 Å². The van der Waals surface area contributed by atoms with Gasteiger partial charge in [0.25, 0.3) is 0 Å². The van der Waals surface area contributed by atoms with E-state index in [1.165, 1.54) is 0 Å². The van der Waals surface area contributed by atoms with E-state index in [1.54, 1.807) is 17.8 Å². The maximum Gasteiger partial charge on any atom is 0.356 e. The molecule has 0 saturated carbocycles. The van der Waals surface area contributed by atoms with Crippen molar-refractivity contribution in [1.82, 2.24) is 9.78 Å². The minimum Gasteiger partial charge on any atom is -0.476 e. The number of rotatable bonds is 2. The Balaban J connectivity index is 2.15. The lowest BCUT2D eigenvalue weighted by molar-refractivity contribution is 0.0689. The zero-order valence-corrected chi connectivity index (χ0v) is 10.5. The molecule has 3 rings (SSSR count). The maximum atomic E-state index is 10.9. The number of nitrogens with zero attached hydrogens (tertiary/aromatic N) is 2. The number of hydrogen-bond acceptors (Lipinski definition) is 3. The highest BCUT2D eigenvalue weighted by atomic mass is 16.4. The summed E-state index contributed by atoms with van der Waals surface area (Å²) in [5.41, 5.74) is 2.54. The molecule has 0 radical (unpaired) electrons. The van der Waals surface area contributed by atoms with Crippen molar-refractivity contribution in [3.8, 4) is 11.3 Å². The number of fused-ring (bicyclic) bond motifs is 1. The molecule has 0 unspecified atom stereocenters. The Kier molecular flexibility index (Phi) is 2.41. The van der Waals surface area contributed by atoms with E-state index in [9.17, 15) is 4.79 Å². The molecule has 2 aromatic heterocycles. The number of aryl methyl sites for hydroxylation is 2. The quantitative estimate of drug-likeness (QED) is 0.765. The van der Waals surface area contributed by atoms with Gasteiger partial charge in [-0.15, -0.1) is 0 Å².